The van der Waals surface area contributed by atoms with Gasteiger partial charge in [0.25, 0.3) is 0 Å². The first-order valence-corrected chi connectivity index (χ1v) is 18.6. The van der Waals surface area contributed by atoms with Crippen LogP contribution >= 0.6 is 15.9 Å². The molecule has 8 rings (SSSR count). The molecule has 1 N–H and O–H groups in total. The van der Waals surface area contributed by atoms with Crippen molar-refractivity contribution < 1.29 is 32.6 Å². The molecule has 0 bridgehead atoms. The third-order valence-corrected chi connectivity index (χ3v) is 9.16. The van der Waals surface area contributed by atoms with Gasteiger partial charge in [-0.3, -0.25) is 4.79 Å². The van der Waals surface area contributed by atoms with Gasteiger partial charge in [0, 0.05) is 82.6 Å². The smallest absolute Gasteiger partial charge is 0.183 e. The molecule has 10 heteroatoms. The van der Waals surface area contributed by atoms with Gasteiger partial charge < -0.3 is 38.0 Å². The summed E-state index contributed by atoms with van der Waals surface area (Å²) in [6.45, 7) is 12.4. The summed E-state index contributed by atoms with van der Waals surface area (Å²) in [6, 6.07) is 32.1. The molecule has 6 aromatic rings. The maximum atomic E-state index is 10.9. The lowest BCUT2D eigenvalue weighted by molar-refractivity contribution is -0.140. The number of anilines is 1. The molecule has 272 valence electrons. The summed E-state index contributed by atoms with van der Waals surface area (Å²) in [6.07, 6.45) is 0.481. The molecule has 2 aromatic heterocycles. The van der Waals surface area contributed by atoms with Gasteiger partial charge in [-0.25, -0.2) is 0 Å². The average Bonchev–Trinajstić information content (AvgIpc) is 3.84. The fourth-order valence-electron chi connectivity index (χ4n) is 5.93. The zero-order valence-corrected chi connectivity index (χ0v) is 31.2. The van der Waals surface area contributed by atoms with Gasteiger partial charge >= 0.3 is 0 Å². The molecule has 4 aromatic carbocycles. The van der Waals surface area contributed by atoms with Crippen molar-refractivity contribution in [2.75, 3.05) is 70.7 Å². The van der Waals surface area contributed by atoms with Crippen LogP contribution in [0.5, 0.6) is 0 Å². The Morgan fingerprint density at radius 3 is 1.81 bits per heavy atom. The number of carbonyl (C=O) groups is 1. The zero-order chi connectivity index (χ0) is 36.1. The number of carbonyl (C=O) groups excluding carboxylic acids is 1. The number of aldehydes is 1. The highest BCUT2D eigenvalue weighted by Crippen LogP contribution is 2.32. The van der Waals surface area contributed by atoms with Gasteiger partial charge in [0.2, 0.25) is 0 Å². The summed E-state index contributed by atoms with van der Waals surface area (Å²) >= 11 is 3.45. The Labute approximate surface area is 312 Å². The quantitative estimate of drug-likeness (QED) is 0.114. The Balaban J connectivity index is 0.000000154. The standard InChI is InChI=1S/C19H19BrO3.C19H17NO3.C4H9NO/c1-3-21-19(22-4-2)15-6-5-14-11-17(23-18(14)12-15)13-7-9-16(20)10-8-13;21-13-14-1-2-16-12-19(23-18(16)11-14)15-3-5-17(6-4-15)20-7-9-22-10-8-20;1-3-6-4-2-5-1/h5-12,19H,3-4H2,1-2H3;1-6,11-13H,7-10H2;5H,1-4H2. The van der Waals surface area contributed by atoms with Crippen molar-refractivity contribution in [2.45, 2.75) is 20.1 Å². The van der Waals surface area contributed by atoms with E-state index in [-0.39, 0.29) is 6.29 Å². The number of hydrogen-bond acceptors (Lipinski definition) is 9. The van der Waals surface area contributed by atoms with Gasteiger partial charge in [-0.2, -0.15) is 0 Å². The molecule has 9 nitrogen and oxygen atoms in total. The first-order chi connectivity index (χ1) is 25.5. The number of ether oxygens (including phenoxy) is 4. The lowest BCUT2D eigenvalue weighted by Crippen LogP contribution is -2.36. The fourth-order valence-corrected chi connectivity index (χ4v) is 6.20. The maximum absolute atomic E-state index is 10.9. The summed E-state index contributed by atoms with van der Waals surface area (Å²) < 4.78 is 34.7. The minimum Gasteiger partial charge on any atom is -0.456 e. The number of benzene rings is 4. The van der Waals surface area contributed by atoms with Gasteiger partial charge in [0.05, 0.1) is 26.4 Å². The Hall–Kier alpha value is -4.29. The van der Waals surface area contributed by atoms with Gasteiger partial charge in [-0.1, -0.05) is 52.3 Å². The second-order valence-corrected chi connectivity index (χ2v) is 13.1. The highest BCUT2D eigenvalue weighted by molar-refractivity contribution is 9.10. The average molecular weight is 770 g/mol. The Morgan fingerprint density at radius 2 is 1.27 bits per heavy atom. The summed E-state index contributed by atoms with van der Waals surface area (Å²) in [4.78, 5) is 13.2. The molecule has 2 aliphatic heterocycles. The molecule has 0 aliphatic carbocycles. The van der Waals surface area contributed by atoms with Crippen molar-refractivity contribution in [3.8, 4) is 22.6 Å². The van der Waals surface area contributed by atoms with Crippen LogP contribution < -0.4 is 10.2 Å². The summed E-state index contributed by atoms with van der Waals surface area (Å²) in [7, 11) is 0. The molecule has 0 unspecified atom stereocenters. The van der Waals surface area contributed by atoms with E-state index in [0.29, 0.717) is 18.8 Å². The number of hydrogen-bond donors (Lipinski definition) is 1. The lowest BCUT2D eigenvalue weighted by atomic mass is 10.1. The molecule has 0 spiro atoms. The van der Waals surface area contributed by atoms with Crippen LogP contribution in [0.2, 0.25) is 0 Å². The van der Waals surface area contributed by atoms with Crippen LogP contribution in [-0.2, 0) is 18.9 Å². The molecule has 2 aliphatic rings. The van der Waals surface area contributed by atoms with Crippen LogP contribution in [0, 0.1) is 0 Å². The minimum absolute atomic E-state index is 0.351. The molecule has 0 atom stereocenters. The van der Waals surface area contributed by atoms with Gasteiger partial charge in [0.1, 0.15) is 29.0 Å². The molecule has 52 heavy (non-hydrogen) atoms. The SMILES string of the molecule is C1COCCN1.CCOC(OCC)c1ccc2cc(-c3ccc(Br)cc3)oc2c1.O=Cc1ccc2cc(-c3ccc(N4CCOCC4)cc3)oc2c1. The molecule has 0 amide bonds. The van der Waals surface area contributed by atoms with Crippen molar-refractivity contribution in [3.63, 3.8) is 0 Å². The Morgan fingerprint density at radius 1 is 0.712 bits per heavy atom. The van der Waals surface area contributed by atoms with E-state index in [1.54, 1.807) is 12.1 Å². The fraction of sp³-hybridized carbons (Fsp3) is 0.310. The van der Waals surface area contributed by atoms with E-state index in [1.807, 2.05) is 68.4 Å². The maximum Gasteiger partial charge on any atom is 0.183 e. The first kappa shape index (κ1) is 37.5. The third-order valence-electron chi connectivity index (χ3n) is 8.64. The molecular weight excluding hydrogens is 724 g/mol. The van der Waals surface area contributed by atoms with Crippen LogP contribution in [0.4, 0.5) is 5.69 Å². The molecule has 0 radical (unpaired) electrons. The van der Waals surface area contributed by atoms with Crippen LogP contribution in [0.3, 0.4) is 0 Å². The number of fused-ring (bicyclic) bond motifs is 2. The number of halogens is 1. The number of furan rings is 2. The number of nitrogens with zero attached hydrogens (tertiary/aromatic N) is 1. The summed E-state index contributed by atoms with van der Waals surface area (Å²) in [5.41, 5.74) is 6.46. The third kappa shape index (κ3) is 9.97. The summed E-state index contributed by atoms with van der Waals surface area (Å²) in [5.74, 6) is 1.67. The van der Waals surface area contributed by atoms with E-state index in [0.717, 1.165) is 114 Å². The molecule has 4 heterocycles. The second-order valence-electron chi connectivity index (χ2n) is 12.2. The summed E-state index contributed by atoms with van der Waals surface area (Å²) in [5, 5.41) is 5.23. The van der Waals surface area contributed by atoms with Crippen molar-refractivity contribution >= 4 is 49.8 Å². The first-order valence-electron chi connectivity index (χ1n) is 17.8. The van der Waals surface area contributed by atoms with Crippen LogP contribution in [0.25, 0.3) is 44.6 Å². The van der Waals surface area contributed by atoms with Crippen molar-refractivity contribution in [1.29, 1.82) is 0 Å². The topological polar surface area (TPSA) is 95.5 Å². The van der Waals surface area contributed by atoms with E-state index in [9.17, 15) is 4.79 Å². The lowest BCUT2D eigenvalue weighted by Gasteiger charge is -2.28. The van der Waals surface area contributed by atoms with Crippen LogP contribution in [-0.4, -0.2) is 72.1 Å². The van der Waals surface area contributed by atoms with E-state index in [2.05, 4.69) is 56.5 Å². The number of rotatable bonds is 9. The normalized spacial score (nSPS) is 14.5. The second kappa shape index (κ2) is 19.0. The monoisotopic (exact) mass is 768 g/mol. The highest BCUT2D eigenvalue weighted by Gasteiger charge is 2.15. The minimum atomic E-state index is -0.351. The van der Waals surface area contributed by atoms with E-state index in [4.69, 9.17) is 27.8 Å². The predicted octanol–water partition coefficient (Wildman–Crippen LogP) is 9.29. The number of morpholine rings is 2. The molecule has 0 saturated carbocycles. The van der Waals surface area contributed by atoms with E-state index >= 15 is 0 Å². The highest BCUT2D eigenvalue weighted by atomic mass is 79.9. The van der Waals surface area contributed by atoms with Crippen molar-refractivity contribution in [3.05, 3.63) is 113 Å². The largest absolute Gasteiger partial charge is 0.456 e. The molecule has 2 saturated heterocycles. The van der Waals surface area contributed by atoms with Crippen LogP contribution in [0.15, 0.2) is 110 Å². The number of nitrogens with one attached hydrogen (secondary N) is 1. The molecular formula is C42H45BrN2O7. The van der Waals surface area contributed by atoms with Gasteiger partial charge in [-0.15, -0.1) is 0 Å². The van der Waals surface area contributed by atoms with E-state index in [1.165, 1.54) is 5.69 Å². The Kier molecular flexibility index (Phi) is 13.7. The molecule has 2 fully saturated rings. The van der Waals surface area contributed by atoms with Crippen LogP contribution in [0.1, 0.15) is 36.1 Å². The predicted molar refractivity (Wildman–Crippen MR) is 209 cm³/mol. The Bertz CT molecular complexity index is 1980. The van der Waals surface area contributed by atoms with Gasteiger partial charge in [0.15, 0.2) is 6.29 Å². The van der Waals surface area contributed by atoms with Crippen molar-refractivity contribution in [2.24, 2.45) is 0 Å². The van der Waals surface area contributed by atoms with Crippen molar-refractivity contribution in [1.82, 2.24) is 5.32 Å². The zero-order valence-electron chi connectivity index (χ0n) is 29.6. The van der Waals surface area contributed by atoms with Gasteiger partial charge in [-0.05, 0) is 74.5 Å². The van der Waals surface area contributed by atoms with E-state index < -0.39 is 0 Å².